The van der Waals surface area contributed by atoms with Gasteiger partial charge < -0.3 is 14.4 Å². The van der Waals surface area contributed by atoms with Crippen LogP contribution in [0.25, 0.3) is 0 Å². The van der Waals surface area contributed by atoms with Crippen molar-refractivity contribution in [3.63, 3.8) is 0 Å². The SMILES string of the molecule is CCOC(=O)/C=C(\C)N=C1CCCN1c1ccc(OC)cc1C(F)F. The first-order valence-electron chi connectivity index (χ1n) is 8.12. The number of carbonyl (C=O) groups is 1. The second-order valence-corrected chi connectivity index (χ2v) is 5.55. The first-order chi connectivity index (χ1) is 12.0. The van der Waals surface area contributed by atoms with Crippen molar-refractivity contribution >= 4 is 17.5 Å². The number of allylic oxidation sites excluding steroid dienone is 1. The van der Waals surface area contributed by atoms with Crippen molar-refractivity contribution in [1.82, 2.24) is 0 Å². The fourth-order valence-corrected chi connectivity index (χ4v) is 2.71. The number of rotatable bonds is 6. The number of esters is 1. The Labute approximate surface area is 145 Å². The predicted molar refractivity (Wildman–Crippen MR) is 92.4 cm³/mol. The zero-order valence-electron chi connectivity index (χ0n) is 14.6. The van der Waals surface area contributed by atoms with Gasteiger partial charge in [0.25, 0.3) is 6.43 Å². The van der Waals surface area contributed by atoms with Crippen LogP contribution in [0.3, 0.4) is 0 Å². The third-order valence-corrected chi connectivity index (χ3v) is 3.77. The van der Waals surface area contributed by atoms with Crippen molar-refractivity contribution in [2.45, 2.75) is 33.1 Å². The van der Waals surface area contributed by atoms with Gasteiger partial charge in [0.1, 0.15) is 11.6 Å². The molecule has 7 heteroatoms. The van der Waals surface area contributed by atoms with E-state index in [1.165, 1.54) is 19.3 Å². The number of hydrogen-bond donors (Lipinski definition) is 0. The maximum absolute atomic E-state index is 13.4. The molecule has 2 rings (SSSR count). The molecule has 0 aliphatic carbocycles. The number of alkyl halides is 2. The average molecular weight is 352 g/mol. The molecule has 0 bridgehead atoms. The zero-order valence-corrected chi connectivity index (χ0v) is 14.6. The quantitative estimate of drug-likeness (QED) is 0.571. The van der Waals surface area contributed by atoms with Crippen molar-refractivity contribution in [3.05, 3.63) is 35.5 Å². The maximum Gasteiger partial charge on any atom is 0.332 e. The van der Waals surface area contributed by atoms with Crippen LogP contribution in [0.2, 0.25) is 0 Å². The van der Waals surface area contributed by atoms with Crippen molar-refractivity contribution < 1.29 is 23.0 Å². The standard InChI is InChI=1S/C18H22F2N2O3/c1-4-25-17(23)10-12(2)21-16-6-5-9-22(16)15-8-7-13(24-3)11-14(15)18(19)20/h7-8,10-11,18H,4-6,9H2,1-3H3/b12-10+,21-16?. The van der Waals surface area contributed by atoms with E-state index in [2.05, 4.69) is 4.99 Å². The number of methoxy groups -OCH3 is 1. The van der Waals surface area contributed by atoms with Gasteiger partial charge in [-0.1, -0.05) is 0 Å². The van der Waals surface area contributed by atoms with Gasteiger partial charge in [-0.05, 0) is 38.5 Å². The van der Waals surface area contributed by atoms with Crippen LogP contribution in [-0.4, -0.2) is 32.1 Å². The minimum Gasteiger partial charge on any atom is -0.497 e. The minimum atomic E-state index is -2.62. The molecule has 0 saturated carbocycles. The largest absolute Gasteiger partial charge is 0.497 e. The van der Waals surface area contributed by atoms with Gasteiger partial charge in [-0.15, -0.1) is 0 Å². The van der Waals surface area contributed by atoms with Crippen LogP contribution in [-0.2, 0) is 9.53 Å². The number of amidine groups is 1. The van der Waals surface area contributed by atoms with Crippen LogP contribution in [0.4, 0.5) is 14.5 Å². The summed E-state index contributed by atoms with van der Waals surface area (Å²) in [4.78, 5) is 17.7. The van der Waals surface area contributed by atoms with Gasteiger partial charge in [-0.25, -0.2) is 18.6 Å². The van der Waals surface area contributed by atoms with Crippen LogP contribution in [0.15, 0.2) is 35.0 Å². The van der Waals surface area contributed by atoms with Crippen LogP contribution in [0.1, 0.15) is 38.7 Å². The molecule has 1 aromatic carbocycles. The molecule has 1 fully saturated rings. The number of ether oxygens (including phenoxy) is 2. The molecule has 0 atom stereocenters. The fourth-order valence-electron chi connectivity index (χ4n) is 2.71. The molecule has 0 amide bonds. The Morgan fingerprint density at radius 2 is 2.20 bits per heavy atom. The van der Waals surface area contributed by atoms with E-state index >= 15 is 0 Å². The molecular formula is C18H22F2N2O3. The molecule has 0 aromatic heterocycles. The summed E-state index contributed by atoms with van der Waals surface area (Å²) >= 11 is 0. The Kier molecular flexibility index (Phi) is 6.50. The summed E-state index contributed by atoms with van der Waals surface area (Å²) in [6, 6.07) is 4.61. The highest BCUT2D eigenvalue weighted by molar-refractivity contribution is 6.01. The van der Waals surface area contributed by atoms with Gasteiger partial charge >= 0.3 is 5.97 Å². The highest BCUT2D eigenvalue weighted by Gasteiger charge is 2.25. The molecule has 1 aromatic rings. The number of benzene rings is 1. The van der Waals surface area contributed by atoms with Gasteiger partial charge in [0.2, 0.25) is 0 Å². The summed E-state index contributed by atoms with van der Waals surface area (Å²) in [7, 11) is 1.44. The fraction of sp³-hybridized carbons (Fsp3) is 0.444. The normalized spacial score (nSPS) is 16.6. The molecule has 5 nitrogen and oxygen atoms in total. The molecule has 25 heavy (non-hydrogen) atoms. The molecule has 0 unspecified atom stereocenters. The van der Waals surface area contributed by atoms with Crippen LogP contribution < -0.4 is 9.64 Å². The van der Waals surface area contributed by atoms with E-state index < -0.39 is 12.4 Å². The van der Waals surface area contributed by atoms with E-state index in [0.717, 1.165) is 6.42 Å². The lowest BCUT2D eigenvalue weighted by Crippen LogP contribution is -2.25. The maximum atomic E-state index is 13.4. The second-order valence-electron chi connectivity index (χ2n) is 5.55. The summed E-state index contributed by atoms with van der Waals surface area (Å²) in [5, 5.41) is 0. The van der Waals surface area contributed by atoms with Gasteiger partial charge in [-0.2, -0.15) is 0 Å². The number of hydrogen-bond acceptors (Lipinski definition) is 4. The zero-order chi connectivity index (χ0) is 18.4. The van der Waals surface area contributed by atoms with Crippen LogP contribution >= 0.6 is 0 Å². The summed E-state index contributed by atoms with van der Waals surface area (Å²) < 4.78 is 36.8. The van der Waals surface area contributed by atoms with E-state index in [0.29, 0.717) is 35.9 Å². The lowest BCUT2D eigenvalue weighted by Gasteiger charge is -2.23. The highest BCUT2D eigenvalue weighted by atomic mass is 19.3. The number of nitrogens with zero attached hydrogens (tertiary/aromatic N) is 2. The van der Waals surface area contributed by atoms with E-state index in [1.807, 2.05) is 0 Å². The molecule has 1 heterocycles. The Bertz CT molecular complexity index is 687. The van der Waals surface area contributed by atoms with E-state index in [9.17, 15) is 13.6 Å². The van der Waals surface area contributed by atoms with Crippen molar-refractivity contribution in [1.29, 1.82) is 0 Å². The third kappa shape index (κ3) is 4.78. The van der Waals surface area contributed by atoms with Crippen LogP contribution in [0, 0.1) is 0 Å². The highest BCUT2D eigenvalue weighted by Crippen LogP contribution is 2.35. The van der Waals surface area contributed by atoms with Crippen molar-refractivity contribution in [3.8, 4) is 5.75 Å². The summed E-state index contributed by atoms with van der Waals surface area (Å²) in [6.45, 7) is 4.29. The number of carbonyl (C=O) groups excluding carboxylic acids is 1. The van der Waals surface area contributed by atoms with Gasteiger partial charge in [0, 0.05) is 30.3 Å². The molecule has 0 spiro atoms. The topological polar surface area (TPSA) is 51.1 Å². The van der Waals surface area contributed by atoms with E-state index in [1.54, 1.807) is 30.9 Å². The Morgan fingerprint density at radius 1 is 1.44 bits per heavy atom. The minimum absolute atomic E-state index is 0.0963. The smallest absolute Gasteiger partial charge is 0.332 e. The van der Waals surface area contributed by atoms with Crippen molar-refractivity contribution in [2.24, 2.45) is 4.99 Å². The van der Waals surface area contributed by atoms with Gasteiger partial charge in [0.15, 0.2) is 0 Å². The monoisotopic (exact) mass is 352 g/mol. The molecular weight excluding hydrogens is 330 g/mol. The van der Waals surface area contributed by atoms with Crippen LogP contribution in [0.5, 0.6) is 5.75 Å². The first-order valence-corrected chi connectivity index (χ1v) is 8.12. The Balaban J connectivity index is 2.33. The number of halogens is 2. The Hall–Kier alpha value is -2.44. The first kappa shape index (κ1) is 18.9. The van der Waals surface area contributed by atoms with Gasteiger partial charge in [-0.3, -0.25) is 0 Å². The van der Waals surface area contributed by atoms with E-state index in [4.69, 9.17) is 9.47 Å². The third-order valence-electron chi connectivity index (χ3n) is 3.77. The number of aliphatic imine (C=N–C) groups is 1. The Morgan fingerprint density at radius 3 is 2.84 bits per heavy atom. The van der Waals surface area contributed by atoms with Gasteiger partial charge in [0.05, 0.1) is 19.4 Å². The molecule has 0 N–H and O–H groups in total. The summed E-state index contributed by atoms with van der Waals surface area (Å²) in [5.41, 5.74) is 0.796. The molecule has 136 valence electrons. The van der Waals surface area contributed by atoms with E-state index in [-0.39, 0.29) is 12.2 Å². The van der Waals surface area contributed by atoms with Crippen molar-refractivity contribution in [2.75, 3.05) is 25.2 Å². The molecule has 1 aliphatic heterocycles. The lowest BCUT2D eigenvalue weighted by atomic mass is 10.1. The summed E-state index contributed by atoms with van der Waals surface area (Å²) in [5.74, 6) is 0.576. The molecule has 1 saturated heterocycles. The lowest BCUT2D eigenvalue weighted by molar-refractivity contribution is -0.137. The molecule has 1 aliphatic rings. The second kappa shape index (κ2) is 8.60. The number of anilines is 1. The predicted octanol–water partition coefficient (Wildman–Crippen LogP) is 4.10. The summed E-state index contributed by atoms with van der Waals surface area (Å²) in [6.07, 6.45) is 0.140. The molecule has 0 radical (unpaired) electrons. The average Bonchev–Trinajstić information content (AvgIpc) is 3.01.